The fraction of sp³-hybridized carbons (Fsp3) is 0.571. The molecule has 19 heavy (non-hydrogen) atoms. The van der Waals surface area contributed by atoms with Crippen molar-refractivity contribution in [1.82, 2.24) is 9.88 Å². The number of likely N-dealkylation sites (tertiary alicyclic amines) is 1. The zero-order valence-corrected chi connectivity index (χ0v) is 13.4. The topological polar surface area (TPSA) is 33.2 Å². The predicted octanol–water partition coefficient (Wildman–Crippen LogP) is 4.29. The maximum Gasteiger partial charge on any atom is 0.257 e. The van der Waals surface area contributed by atoms with E-state index < -0.39 is 0 Å². The van der Waals surface area contributed by atoms with Crippen LogP contribution >= 0.6 is 27.5 Å². The smallest absolute Gasteiger partial charge is 0.257 e. The number of carbonyl (C=O) groups excluding carboxylic acids is 1. The minimum Gasteiger partial charge on any atom is -0.336 e. The van der Waals surface area contributed by atoms with Crippen molar-refractivity contribution in [2.24, 2.45) is 0 Å². The third kappa shape index (κ3) is 3.48. The first-order chi connectivity index (χ1) is 9.13. The number of amides is 1. The molecule has 2 heterocycles. The Bertz CT molecular complexity index is 465. The van der Waals surface area contributed by atoms with Crippen LogP contribution in [0.15, 0.2) is 16.7 Å². The van der Waals surface area contributed by atoms with Crippen LogP contribution in [0.4, 0.5) is 0 Å². The molecule has 0 aromatic carbocycles. The van der Waals surface area contributed by atoms with Gasteiger partial charge in [0.2, 0.25) is 0 Å². The lowest BCUT2D eigenvalue weighted by atomic mass is 9.97. The second kappa shape index (κ2) is 6.71. The van der Waals surface area contributed by atoms with Gasteiger partial charge >= 0.3 is 0 Å². The van der Waals surface area contributed by atoms with E-state index in [0.29, 0.717) is 11.6 Å². The first-order valence-corrected chi connectivity index (χ1v) is 7.92. The standard InChI is InChI=1S/C14H18BrClN2O/c1-2-5-11-6-3-4-7-18(11)14(19)12-8-10(15)9-17-13(12)16/h8-9,11H,2-7H2,1H3. The zero-order chi connectivity index (χ0) is 13.8. The van der Waals surface area contributed by atoms with E-state index in [2.05, 4.69) is 27.8 Å². The number of carbonyl (C=O) groups is 1. The molecule has 1 saturated heterocycles. The summed E-state index contributed by atoms with van der Waals surface area (Å²) in [6, 6.07) is 2.11. The van der Waals surface area contributed by atoms with E-state index in [1.807, 2.05) is 4.90 Å². The minimum atomic E-state index is 0.0111. The number of rotatable bonds is 3. The average Bonchev–Trinajstić information content (AvgIpc) is 2.42. The number of halogens is 2. The van der Waals surface area contributed by atoms with E-state index in [-0.39, 0.29) is 11.1 Å². The number of hydrogen-bond acceptors (Lipinski definition) is 2. The Balaban J connectivity index is 2.23. The van der Waals surface area contributed by atoms with Gasteiger partial charge in [-0.2, -0.15) is 0 Å². The fourth-order valence-corrected chi connectivity index (χ4v) is 3.14. The van der Waals surface area contributed by atoms with Crippen molar-refractivity contribution in [2.75, 3.05) is 6.54 Å². The Kier molecular flexibility index (Phi) is 5.22. The first-order valence-electron chi connectivity index (χ1n) is 6.75. The summed E-state index contributed by atoms with van der Waals surface area (Å²) in [5.74, 6) is 0.0111. The lowest BCUT2D eigenvalue weighted by Gasteiger charge is -2.36. The largest absolute Gasteiger partial charge is 0.336 e. The third-order valence-electron chi connectivity index (χ3n) is 3.55. The van der Waals surface area contributed by atoms with Crippen LogP contribution in [0.1, 0.15) is 49.4 Å². The van der Waals surface area contributed by atoms with Gasteiger partial charge in [-0.25, -0.2) is 4.98 Å². The summed E-state index contributed by atoms with van der Waals surface area (Å²) in [4.78, 5) is 18.6. The van der Waals surface area contributed by atoms with Crippen molar-refractivity contribution in [3.63, 3.8) is 0 Å². The second-order valence-corrected chi connectivity index (χ2v) is 6.20. The number of aromatic nitrogens is 1. The van der Waals surface area contributed by atoms with Crippen LogP contribution in [0.2, 0.25) is 5.15 Å². The van der Waals surface area contributed by atoms with Crippen LogP contribution in [0, 0.1) is 0 Å². The van der Waals surface area contributed by atoms with Gasteiger partial charge in [0.05, 0.1) is 5.56 Å². The van der Waals surface area contributed by atoms with E-state index in [1.165, 1.54) is 6.42 Å². The highest BCUT2D eigenvalue weighted by atomic mass is 79.9. The normalized spacial score (nSPS) is 19.5. The molecule has 104 valence electrons. The van der Waals surface area contributed by atoms with Crippen molar-refractivity contribution < 1.29 is 4.79 Å². The van der Waals surface area contributed by atoms with Crippen LogP contribution < -0.4 is 0 Å². The van der Waals surface area contributed by atoms with Crippen LogP contribution in [0.5, 0.6) is 0 Å². The maximum atomic E-state index is 12.6. The lowest BCUT2D eigenvalue weighted by Crippen LogP contribution is -2.43. The molecule has 3 nitrogen and oxygen atoms in total. The molecule has 1 aliphatic rings. The second-order valence-electron chi connectivity index (χ2n) is 4.93. The van der Waals surface area contributed by atoms with Crippen molar-refractivity contribution in [3.8, 4) is 0 Å². The molecule has 1 aromatic heterocycles. The minimum absolute atomic E-state index is 0.0111. The number of piperidine rings is 1. The van der Waals surface area contributed by atoms with Crippen LogP contribution in [0.3, 0.4) is 0 Å². The van der Waals surface area contributed by atoms with Crippen LogP contribution in [-0.2, 0) is 0 Å². The van der Waals surface area contributed by atoms with Crippen LogP contribution in [-0.4, -0.2) is 28.4 Å². The summed E-state index contributed by atoms with van der Waals surface area (Å²) in [5.41, 5.74) is 0.499. The molecule has 1 aromatic rings. The highest BCUT2D eigenvalue weighted by Crippen LogP contribution is 2.26. The molecule has 0 N–H and O–H groups in total. The van der Waals surface area contributed by atoms with Crippen LogP contribution in [0.25, 0.3) is 0 Å². The van der Waals surface area contributed by atoms with Gasteiger partial charge in [-0.1, -0.05) is 24.9 Å². The summed E-state index contributed by atoms with van der Waals surface area (Å²) in [7, 11) is 0. The molecule has 0 saturated carbocycles. The molecule has 5 heteroatoms. The van der Waals surface area contributed by atoms with Gasteiger partial charge in [0, 0.05) is 23.3 Å². The SMILES string of the molecule is CCCC1CCCCN1C(=O)c1cc(Br)cnc1Cl. The molecular weight excluding hydrogens is 328 g/mol. The summed E-state index contributed by atoms with van der Waals surface area (Å²) in [6.07, 6.45) is 7.14. The van der Waals surface area contributed by atoms with Crippen molar-refractivity contribution in [3.05, 3.63) is 27.5 Å². The Labute approximate surface area is 127 Å². The maximum absolute atomic E-state index is 12.6. The Morgan fingerprint density at radius 1 is 1.58 bits per heavy atom. The van der Waals surface area contributed by atoms with Gasteiger partial charge in [-0.3, -0.25) is 4.79 Å². The first kappa shape index (κ1) is 14.8. The molecule has 1 unspecified atom stereocenters. The highest BCUT2D eigenvalue weighted by Gasteiger charge is 2.28. The number of pyridine rings is 1. The summed E-state index contributed by atoms with van der Waals surface area (Å²) in [5, 5.41) is 0.286. The number of nitrogens with zero attached hydrogens (tertiary/aromatic N) is 2. The lowest BCUT2D eigenvalue weighted by molar-refractivity contribution is 0.0600. The van der Waals surface area contributed by atoms with Gasteiger partial charge in [-0.15, -0.1) is 0 Å². The van der Waals surface area contributed by atoms with Gasteiger partial charge < -0.3 is 4.90 Å². The monoisotopic (exact) mass is 344 g/mol. The van der Waals surface area contributed by atoms with E-state index in [0.717, 1.165) is 36.7 Å². The van der Waals surface area contributed by atoms with Gasteiger partial charge in [0.15, 0.2) is 0 Å². The molecular formula is C14H18BrClN2O. The van der Waals surface area contributed by atoms with Gasteiger partial charge in [-0.05, 0) is 47.7 Å². The van der Waals surface area contributed by atoms with E-state index in [4.69, 9.17) is 11.6 Å². The molecule has 0 spiro atoms. The van der Waals surface area contributed by atoms with Gasteiger partial charge in [0.25, 0.3) is 5.91 Å². The third-order valence-corrected chi connectivity index (χ3v) is 4.28. The Hall–Kier alpha value is -0.610. The van der Waals surface area contributed by atoms with Gasteiger partial charge in [0.1, 0.15) is 5.15 Å². The fourth-order valence-electron chi connectivity index (χ4n) is 2.63. The average molecular weight is 346 g/mol. The molecule has 1 fully saturated rings. The zero-order valence-electron chi connectivity index (χ0n) is 11.0. The van der Waals surface area contributed by atoms with E-state index in [9.17, 15) is 4.79 Å². The van der Waals surface area contributed by atoms with Crippen molar-refractivity contribution in [1.29, 1.82) is 0 Å². The van der Waals surface area contributed by atoms with Crippen molar-refractivity contribution in [2.45, 2.75) is 45.1 Å². The molecule has 1 aliphatic heterocycles. The summed E-state index contributed by atoms with van der Waals surface area (Å²) in [6.45, 7) is 2.98. The summed E-state index contributed by atoms with van der Waals surface area (Å²) < 4.78 is 0.782. The highest BCUT2D eigenvalue weighted by molar-refractivity contribution is 9.10. The molecule has 0 bridgehead atoms. The molecule has 1 amide bonds. The number of hydrogen-bond donors (Lipinski definition) is 0. The molecule has 2 rings (SSSR count). The van der Waals surface area contributed by atoms with E-state index in [1.54, 1.807) is 12.3 Å². The summed E-state index contributed by atoms with van der Waals surface area (Å²) >= 11 is 9.40. The molecule has 0 radical (unpaired) electrons. The Morgan fingerprint density at radius 3 is 3.11 bits per heavy atom. The molecule has 0 aliphatic carbocycles. The predicted molar refractivity (Wildman–Crippen MR) is 80.5 cm³/mol. The molecule has 1 atom stereocenters. The van der Waals surface area contributed by atoms with Crippen molar-refractivity contribution >= 4 is 33.4 Å². The quantitative estimate of drug-likeness (QED) is 0.766. The Morgan fingerprint density at radius 2 is 2.37 bits per heavy atom. The van der Waals surface area contributed by atoms with E-state index >= 15 is 0 Å².